The number of hydrogen-bond donors (Lipinski definition) is 0. The van der Waals surface area contributed by atoms with E-state index in [1.165, 1.54) is 133 Å². The molecule has 0 fully saturated rings. The number of allylic oxidation sites excluding steroid dienone is 8. The second-order valence-corrected chi connectivity index (χ2v) is 19.5. The van der Waals surface area contributed by atoms with Crippen LogP contribution in [0.5, 0.6) is 0 Å². The summed E-state index contributed by atoms with van der Waals surface area (Å²) >= 11 is 0. The first-order chi connectivity index (χ1) is 30.0. The van der Waals surface area contributed by atoms with Gasteiger partial charge in [-0.15, -0.1) is 0 Å². The Balaban J connectivity index is 0.000000137. The molecule has 0 heteroatoms. The molecule has 64 heavy (non-hydrogen) atoms. The van der Waals surface area contributed by atoms with Crippen LogP contribution in [-0.4, -0.2) is 0 Å². The van der Waals surface area contributed by atoms with Gasteiger partial charge in [-0.3, -0.25) is 0 Å². The van der Waals surface area contributed by atoms with Crippen molar-refractivity contribution in [3.63, 3.8) is 0 Å². The lowest BCUT2D eigenvalue weighted by Crippen LogP contribution is -1.96. The maximum Gasteiger partial charge on any atom is -0.000859 e. The number of rotatable bonds is 2. The molecule has 0 nitrogen and oxygen atoms in total. The highest BCUT2D eigenvalue weighted by atomic mass is 14.4. The van der Waals surface area contributed by atoms with Crippen LogP contribution in [-0.2, 0) is 0 Å². The SMILES string of the molecule is C=C1C(=C)c2c(C)c(C)c3c4c(c(C)c(C)c1c24)C(=C)C3=C.C=C1C(=C)c2c(C)c(C)c3c4c(c(C)c(C)c1c24)C(=C)C3=C.Cc1ccc(C(C)C)cc1.Cc1ccc(C(C)C)cc1. The van der Waals surface area contributed by atoms with Gasteiger partial charge in [-0.05, 0) is 247 Å². The van der Waals surface area contributed by atoms with Crippen LogP contribution in [0.4, 0.5) is 0 Å². The van der Waals surface area contributed by atoms with E-state index in [1.807, 2.05) is 0 Å². The molecule has 4 aliphatic carbocycles. The van der Waals surface area contributed by atoms with Crippen molar-refractivity contribution in [2.24, 2.45) is 0 Å². The average Bonchev–Trinajstić information content (AvgIpc) is 3.88. The van der Waals surface area contributed by atoms with Crippen molar-refractivity contribution in [3.8, 4) is 0 Å². The van der Waals surface area contributed by atoms with E-state index in [1.54, 1.807) is 0 Å². The minimum atomic E-state index is 0.653. The summed E-state index contributed by atoms with van der Waals surface area (Å²) in [5, 5.41) is 5.30. The Kier molecular flexibility index (Phi) is 11.7. The minimum absolute atomic E-state index is 0.653. The topological polar surface area (TPSA) is 0 Å². The van der Waals surface area contributed by atoms with Gasteiger partial charge in [0.1, 0.15) is 0 Å². The lowest BCUT2D eigenvalue weighted by atomic mass is 9.88. The highest BCUT2D eigenvalue weighted by Gasteiger charge is 2.37. The van der Waals surface area contributed by atoms with E-state index in [0.29, 0.717) is 11.8 Å². The van der Waals surface area contributed by atoms with Crippen LogP contribution in [0, 0.1) is 69.2 Å². The van der Waals surface area contributed by atoms with E-state index in [2.05, 4.69) is 198 Å². The molecule has 0 radical (unpaired) electrons. The van der Waals surface area contributed by atoms with E-state index in [0.717, 1.165) is 44.6 Å². The van der Waals surface area contributed by atoms with Crippen molar-refractivity contribution in [3.05, 3.63) is 212 Å². The number of hydrogen-bond acceptors (Lipinski definition) is 0. The Morgan fingerprint density at radius 3 is 0.516 bits per heavy atom. The number of benzene rings is 6. The molecule has 10 rings (SSSR count). The smallest absolute Gasteiger partial charge is 0.000859 e. The molecule has 0 atom stereocenters. The third kappa shape index (κ3) is 6.72. The molecule has 6 aromatic rings. The van der Waals surface area contributed by atoms with Gasteiger partial charge >= 0.3 is 0 Å². The van der Waals surface area contributed by atoms with E-state index < -0.39 is 0 Å². The lowest BCUT2D eigenvalue weighted by molar-refractivity contribution is 0.866. The van der Waals surface area contributed by atoms with E-state index in [-0.39, 0.29) is 0 Å². The molecule has 0 heterocycles. The molecule has 0 bridgehead atoms. The summed E-state index contributed by atoms with van der Waals surface area (Å²) < 4.78 is 0. The maximum absolute atomic E-state index is 4.32. The maximum atomic E-state index is 4.32. The van der Waals surface area contributed by atoms with Crippen LogP contribution in [0.1, 0.15) is 151 Å². The van der Waals surface area contributed by atoms with Gasteiger partial charge in [0.25, 0.3) is 0 Å². The van der Waals surface area contributed by atoms with E-state index in [9.17, 15) is 0 Å². The van der Waals surface area contributed by atoms with Crippen molar-refractivity contribution in [2.75, 3.05) is 0 Å². The van der Waals surface area contributed by atoms with Crippen LogP contribution in [0.3, 0.4) is 0 Å². The van der Waals surface area contributed by atoms with Gasteiger partial charge in [-0.2, -0.15) is 0 Å². The summed E-state index contributed by atoms with van der Waals surface area (Å²) in [6, 6.07) is 17.4. The summed E-state index contributed by atoms with van der Waals surface area (Å²) in [7, 11) is 0. The quantitative estimate of drug-likeness (QED) is 0.163. The molecule has 0 N–H and O–H groups in total. The lowest BCUT2D eigenvalue weighted by Gasteiger charge is -2.15. The van der Waals surface area contributed by atoms with Gasteiger partial charge in [0.05, 0.1) is 0 Å². The molecule has 0 aliphatic heterocycles. The van der Waals surface area contributed by atoms with E-state index in [4.69, 9.17) is 0 Å². The molecule has 0 saturated heterocycles. The molecule has 324 valence electrons. The average molecular weight is 837 g/mol. The second kappa shape index (κ2) is 16.4. The molecular formula is C64H68. The molecule has 0 saturated carbocycles. The zero-order valence-corrected chi connectivity index (χ0v) is 41.4. The Hall–Kier alpha value is -6.24. The van der Waals surface area contributed by atoms with Gasteiger partial charge in [0.15, 0.2) is 0 Å². The Morgan fingerprint density at radius 1 is 0.250 bits per heavy atom. The van der Waals surface area contributed by atoms with Crippen molar-refractivity contribution in [2.45, 2.75) is 109 Å². The van der Waals surface area contributed by atoms with Crippen LogP contribution in [0.2, 0.25) is 0 Å². The van der Waals surface area contributed by atoms with Gasteiger partial charge in [0.2, 0.25) is 0 Å². The highest BCUT2D eigenvalue weighted by molar-refractivity contribution is 6.33. The fraction of sp³-hybridized carbons (Fsp3) is 0.250. The summed E-state index contributed by atoms with van der Waals surface area (Å²) in [6.07, 6.45) is 0. The van der Waals surface area contributed by atoms with Crippen molar-refractivity contribution in [1.29, 1.82) is 0 Å². The normalized spacial score (nSPS) is 14.0. The summed E-state index contributed by atoms with van der Waals surface area (Å²) in [5.41, 5.74) is 34.8. The highest BCUT2D eigenvalue weighted by Crippen LogP contribution is 2.58. The Labute approximate surface area is 385 Å². The Morgan fingerprint density at radius 2 is 0.391 bits per heavy atom. The van der Waals surface area contributed by atoms with Gasteiger partial charge in [0, 0.05) is 0 Å². The van der Waals surface area contributed by atoms with Crippen LogP contribution < -0.4 is 0 Å². The largest absolute Gasteiger partial charge is 0.0905 e. The first-order valence-corrected chi connectivity index (χ1v) is 22.9. The molecular weight excluding hydrogens is 769 g/mol. The molecule has 0 aromatic heterocycles. The minimum Gasteiger partial charge on any atom is -0.0905 e. The van der Waals surface area contributed by atoms with E-state index >= 15 is 0 Å². The second-order valence-electron chi connectivity index (χ2n) is 19.5. The van der Waals surface area contributed by atoms with Crippen molar-refractivity contribution >= 4 is 66.1 Å². The fourth-order valence-electron chi connectivity index (χ4n) is 10.6. The van der Waals surface area contributed by atoms with Crippen LogP contribution in [0.25, 0.3) is 66.1 Å². The van der Waals surface area contributed by atoms with Gasteiger partial charge in [-0.1, -0.05) is 140 Å². The molecule has 0 spiro atoms. The van der Waals surface area contributed by atoms with Gasteiger partial charge < -0.3 is 0 Å². The zero-order valence-electron chi connectivity index (χ0n) is 41.4. The predicted octanol–water partition coefficient (Wildman–Crippen LogP) is 18.5. The first kappa shape index (κ1) is 45.8. The third-order valence-electron chi connectivity index (χ3n) is 15.1. The van der Waals surface area contributed by atoms with Crippen LogP contribution >= 0.6 is 0 Å². The standard InChI is InChI=1S/2C22H20.2C10H14/c2*1-9-10(2)18-15(7)16(8)20-12(4)11(3)19-14(6)13(5)17(9)21(18)22(19)20;2*1-8(2)10-6-4-9(3)5-7-10/h2*1-4H2,5-8H3;2*4-8H,1-3H3. The molecule has 6 aromatic carbocycles. The summed E-state index contributed by atoms with van der Waals surface area (Å²) in [4.78, 5) is 0. The molecule has 0 unspecified atom stereocenters. The summed E-state index contributed by atoms with van der Waals surface area (Å²) in [6.45, 7) is 65.2. The monoisotopic (exact) mass is 837 g/mol. The van der Waals surface area contributed by atoms with Crippen molar-refractivity contribution < 1.29 is 0 Å². The molecule has 4 aliphatic rings. The summed E-state index contributed by atoms with van der Waals surface area (Å²) in [5.74, 6) is 1.31. The van der Waals surface area contributed by atoms with Gasteiger partial charge in [-0.25, -0.2) is 0 Å². The first-order valence-electron chi connectivity index (χ1n) is 22.9. The Bertz CT molecular complexity index is 2630. The van der Waals surface area contributed by atoms with Crippen LogP contribution in [0.15, 0.2) is 101 Å². The van der Waals surface area contributed by atoms with Crippen molar-refractivity contribution in [1.82, 2.24) is 0 Å². The molecule has 0 amide bonds. The fourth-order valence-corrected chi connectivity index (χ4v) is 10.6. The predicted molar refractivity (Wildman–Crippen MR) is 289 cm³/mol. The zero-order chi connectivity index (χ0) is 47.3. The number of aryl methyl sites for hydroxylation is 2. The third-order valence-corrected chi connectivity index (χ3v) is 15.1.